The van der Waals surface area contributed by atoms with Crippen LogP contribution in [-0.4, -0.2) is 37.2 Å². The first-order valence-corrected chi connectivity index (χ1v) is 31.4. The highest BCUT2D eigenvalue weighted by atomic mass is 16.6. The van der Waals surface area contributed by atoms with Gasteiger partial charge in [-0.05, 0) is 89.9 Å². The van der Waals surface area contributed by atoms with Crippen LogP contribution in [0.25, 0.3) is 0 Å². The number of unbranched alkanes of at least 4 members (excludes halogenated alkanes) is 34. The van der Waals surface area contributed by atoms with Crippen LogP contribution in [0.15, 0.2) is 72.9 Å². The first kappa shape index (κ1) is 69.8. The van der Waals surface area contributed by atoms with Gasteiger partial charge in [-0.3, -0.25) is 14.4 Å². The van der Waals surface area contributed by atoms with E-state index in [1.807, 2.05) is 0 Å². The van der Waals surface area contributed by atoms with E-state index in [1.54, 1.807) is 0 Å². The molecular weight excluding hydrogens is 901 g/mol. The topological polar surface area (TPSA) is 78.9 Å². The summed E-state index contributed by atoms with van der Waals surface area (Å²) in [6.45, 7) is 6.45. The third-order valence-electron chi connectivity index (χ3n) is 13.7. The highest BCUT2D eigenvalue weighted by Crippen LogP contribution is 2.17. The van der Waals surface area contributed by atoms with Crippen molar-refractivity contribution < 1.29 is 28.6 Å². The molecule has 0 heterocycles. The maximum absolute atomic E-state index is 12.8. The van der Waals surface area contributed by atoms with Gasteiger partial charge in [0.2, 0.25) is 0 Å². The van der Waals surface area contributed by atoms with Crippen molar-refractivity contribution in [2.24, 2.45) is 0 Å². The second kappa shape index (κ2) is 61.4. The third kappa shape index (κ3) is 59.6. The van der Waals surface area contributed by atoms with Gasteiger partial charge in [-0.1, -0.05) is 280 Å². The Hall–Kier alpha value is -3.15. The van der Waals surface area contributed by atoms with Crippen LogP contribution in [0.1, 0.15) is 316 Å². The molecule has 0 saturated carbocycles. The van der Waals surface area contributed by atoms with Crippen molar-refractivity contribution in [2.45, 2.75) is 322 Å². The Labute approximate surface area is 453 Å². The summed E-state index contributed by atoms with van der Waals surface area (Å²) in [7, 11) is 0. The predicted octanol–water partition coefficient (Wildman–Crippen LogP) is 21.3. The van der Waals surface area contributed by atoms with Gasteiger partial charge >= 0.3 is 17.9 Å². The molecular formula is C67H118O6. The van der Waals surface area contributed by atoms with Crippen LogP contribution in [-0.2, 0) is 28.6 Å². The van der Waals surface area contributed by atoms with Crippen LogP contribution in [0.4, 0.5) is 0 Å². The smallest absolute Gasteiger partial charge is 0.306 e. The maximum atomic E-state index is 12.8. The molecule has 73 heavy (non-hydrogen) atoms. The van der Waals surface area contributed by atoms with Crippen LogP contribution in [0.2, 0.25) is 0 Å². The first-order valence-electron chi connectivity index (χ1n) is 31.4. The fourth-order valence-corrected chi connectivity index (χ4v) is 9.00. The van der Waals surface area contributed by atoms with Crippen LogP contribution >= 0.6 is 0 Å². The minimum absolute atomic E-state index is 0.0789. The molecule has 0 amide bonds. The minimum atomic E-state index is -0.778. The Balaban J connectivity index is 3.98. The van der Waals surface area contributed by atoms with Gasteiger partial charge in [-0.2, -0.15) is 0 Å². The van der Waals surface area contributed by atoms with Crippen molar-refractivity contribution in [3.63, 3.8) is 0 Å². The van der Waals surface area contributed by atoms with E-state index in [0.717, 1.165) is 109 Å². The molecule has 0 bridgehead atoms. The Morgan fingerprint density at radius 2 is 0.534 bits per heavy atom. The Morgan fingerprint density at radius 1 is 0.288 bits per heavy atom. The molecule has 0 aromatic rings. The average Bonchev–Trinajstić information content (AvgIpc) is 3.39. The Morgan fingerprint density at radius 3 is 0.836 bits per heavy atom. The molecule has 0 aliphatic carbocycles. The van der Waals surface area contributed by atoms with Crippen molar-refractivity contribution in [3.8, 4) is 0 Å². The lowest BCUT2D eigenvalue weighted by Gasteiger charge is -2.18. The quantitative estimate of drug-likeness (QED) is 0.0261. The number of rotatable bonds is 57. The largest absolute Gasteiger partial charge is 0.462 e. The molecule has 0 aromatic heterocycles. The summed E-state index contributed by atoms with van der Waals surface area (Å²) < 4.78 is 16.7. The number of allylic oxidation sites excluding steroid dienone is 12. The summed E-state index contributed by atoms with van der Waals surface area (Å²) in [5.41, 5.74) is 0. The first-order chi connectivity index (χ1) is 36.0. The third-order valence-corrected chi connectivity index (χ3v) is 13.7. The highest BCUT2D eigenvalue weighted by molar-refractivity contribution is 5.71. The van der Waals surface area contributed by atoms with Crippen molar-refractivity contribution in [1.29, 1.82) is 0 Å². The van der Waals surface area contributed by atoms with Gasteiger partial charge in [0.25, 0.3) is 0 Å². The summed E-state index contributed by atoms with van der Waals surface area (Å²) >= 11 is 0. The van der Waals surface area contributed by atoms with E-state index in [4.69, 9.17) is 14.2 Å². The molecule has 0 rings (SSSR count). The van der Waals surface area contributed by atoms with Gasteiger partial charge < -0.3 is 14.2 Å². The maximum Gasteiger partial charge on any atom is 0.306 e. The highest BCUT2D eigenvalue weighted by Gasteiger charge is 2.19. The molecule has 6 nitrogen and oxygen atoms in total. The van der Waals surface area contributed by atoms with E-state index in [0.29, 0.717) is 19.3 Å². The van der Waals surface area contributed by atoms with Crippen molar-refractivity contribution in [1.82, 2.24) is 0 Å². The van der Waals surface area contributed by atoms with Gasteiger partial charge in [0.1, 0.15) is 13.2 Å². The second-order valence-corrected chi connectivity index (χ2v) is 20.9. The molecule has 0 spiro atoms. The zero-order valence-corrected chi connectivity index (χ0v) is 48.4. The summed E-state index contributed by atoms with van der Waals surface area (Å²) in [6.07, 6.45) is 79.7. The van der Waals surface area contributed by atoms with E-state index in [2.05, 4.69) is 93.7 Å². The zero-order valence-electron chi connectivity index (χ0n) is 48.4. The number of esters is 3. The fourth-order valence-electron chi connectivity index (χ4n) is 9.00. The van der Waals surface area contributed by atoms with Gasteiger partial charge in [-0.25, -0.2) is 0 Å². The molecule has 1 unspecified atom stereocenters. The van der Waals surface area contributed by atoms with Gasteiger partial charge in [0.15, 0.2) is 6.10 Å². The van der Waals surface area contributed by atoms with Gasteiger partial charge in [-0.15, -0.1) is 0 Å². The van der Waals surface area contributed by atoms with E-state index >= 15 is 0 Å². The van der Waals surface area contributed by atoms with Crippen molar-refractivity contribution in [2.75, 3.05) is 13.2 Å². The van der Waals surface area contributed by atoms with E-state index < -0.39 is 6.10 Å². The van der Waals surface area contributed by atoms with E-state index in [9.17, 15) is 14.4 Å². The van der Waals surface area contributed by atoms with Gasteiger partial charge in [0, 0.05) is 19.3 Å². The van der Waals surface area contributed by atoms with Crippen LogP contribution in [0, 0.1) is 0 Å². The molecule has 0 saturated heterocycles. The number of carbonyl (C=O) groups excluding carboxylic acids is 3. The zero-order chi connectivity index (χ0) is 52.9. The standard InChI is InChI=1S/C67H118O6/c1-4-7-10-13-15-17-19-21-23-25-27-28-29-30-31-32-33-34-35-36-37-38-40-41-43-45-47-49-51-54-57-60-66(69)72-63-64(62-71-65(68)59-56-53-12-9-6-3)73-67(70)61-58-55-52-50-48-46-44-42-39-26-24-22-20-18-16-14-11-8-5-2/h8,11,16,18-19,21-22,24-25,27,39,42,64H,4-7,9-10,12-15,17,20,23,26,28-38,40-41,43-63H2,1-3H3/b11-8-,18-16-,21-19-,24-22-,27-25-,42-39-. The minimum Gasteiger partial charge on any atom is -0.462 e. The summed E-state index contributed by atoms with van der Waals surface area (Å²) in [5.74, 6) is -0.896. The van der Waals surface area contributed by atoms with Crippen molar-refractivity contribution >= 4 is 17.9 Å². The molecule has 6 heteroatoms. The molecule has 1 atom stereocenters. The lowest BCUT2D eigenvalue weighted by atomic mass is 10.0. The predicted molar refractivity (Wildman–Crippen MR) is 316 cm³/mol. The van der Waals surface area contributed by atoms with Gasteiger partial charge in [0.05, 0.1) is 0 Å². The molecule has 0 fully saturated rings. The second-order valence-electron chi connectivity index (χ2n) is 20.9. The lowest BCUT2D eigenvalue weighted by Crippen LogP contribution is -2.30. The summed E-state index contributed by atoms with van der Waals surface area (Å²) in [6, 6.07) is 0. The number of hydrogen-bond acceptors (Lipinski definition) is 6. The summed E-state index contributed by atoms with van der Waals surface area (Å²) in [4.78, 5) is 37.9. The molecule has 0 aliphatic rings. The monoisotopic (exact) mass is 1020 g/mol. The average molecular weight is 1020 g/mol. The molecule has 0 radical (unpaired) electrons. The molecule has 422 valence electrons. The number of carbonyl (C=O) groups is 3. The number of ether oxygens (including phenoxy) is 3. The SMILES string of the molecule is CC/C=C\C/C=C\C/C=C\C/C=C\CCCCCCCCC(=O)OC(COC(=O)CCCCCCC)COC(=O)CCCCCCCCCCCCCCCCCCCCC/C=C\C/C=C\CCCCCCC. The normalized spacial score (nSPS) is 12.5. The van der Waals surface area contributed by atoms with Crippen molar-refractivity contribution in [3.05, 3.63) is 72.9 Å². The van der Waals surface area contributed by atoms with E-state index in [-0.39, 0.29) is 31.1 Å². The van der Waals surface area contributed by atoms with Crippen LogP contribution in [0.3, 0.4) is 0 Å². The van der Waals surface area contributed by atoms with Crippen LogP contribution < -0.4 is 0 Å². The lowest BCUT2D eigenvalue weighted by molar-refractivity contribution is -0.167. The number of hydrogen-bond donors (Lipinski definition) is 0. The van der Waals surface area contributed by atoms with E-state index in [1.165, 1.54) is 167 Å². The molecule has 0 N–H and O–H groups in total. The summed E-state index contributed by atoms with van der Waals surface area (Å²) in [5, 5.41) is 0. The Kier molecular flexibility index (Phi) is 58.7. The fraction of sp³-hybridized carbons (Fsp3) is 0.776. The van der Waals surface area contributed by atoms with Crippen LogP contribution in [0.5, 0.6) is 0 Å². The molecule has 0 aromatic carbocycles. The Bertz CT molecular complexity index is 1360. The molecule has 0 aliphatic heterocycles.